The molecule has 2 fully saturated rings. The lowest BCUT2D eigenvalue weighted by Crippen LogP contribution is -2.46. The topological polar surface area (TPSA) is 82.1 Å². The molecule has 2 rings (SSSR count). The molecule has 2 heterocycles. The number of rotatable bonds is 3. The fourth-order valence-corrected chi connectivity index (χ4v) is 2.83. The Hall–Kier alpha value is -1.18. The summed E-state index contributed by atoms with van der Waals surface area (Å²) in [4.78, 5) is 27.2. The minimum atomic E-state index is -0.544. The van der Waals surface area contributed by atoms with E-state index in [1.165, 1.54) is 6.92 Å². The van der Waals surface area contributed by atoms with Crippen LogP contribution in [0, 0.1) is 0 Å². The van der Waals surface area contributed by atoms with E-state index in [4.69, 9.17) is 4.74 Å². The van der Waals surface area contributed by atoms with Gasteiger partial charge in [-0.1, -0.05) is 0 Å². The highest BCUT2D eigenvalue weighted by atomic mass is 16.5. The monoisotopic (exact) mass is 299 g/mol. The number of amides is 2. The van der Waals surface area contributed by atoms with Crippen LogP contribution in [0.5, 0.6) is 0 Å². The van der Waals surface area contributed by atoms with Gasteiger partial charge in [0.1, 0.15) is 0 Å². The van der Waals surface area contributed by atoms with Crippen molar-refractivity contribution >= 4 is 11.8 Å². The SMILES string of the molecule is CC(=O)N[C@H]1CCN(CC(=O)N2CCOCC2)CC[C@@H]1O. The number of likely N-dealkylation sites (tertiary alicyclic amines) is 1. The van der Waals surface area contributed by atoms with Gasteiger partial charge in [-0.3, -0.25) is 14.5 Å². The molecule has 2 saturated heterocycles. The summed E-state index contributed by atoms with van der Waals surface area (Å²) in [7, 11) is 0. The highest BCUT2D eigenvalue weighted by Crippen LogP contribution is 2.12. The predicted octanol–water partition coefficient (Wildman–Crippen LogP) is -1.19. The first kappa shape index (κ1) is 16.2. The molecule has 0 aromatic carbocycles. The van der Waals surface area contributed by atoms with Gasteiger partial charge in [0.15, 0.2) is 0 Å². The van der Waals surface area contributed by atoms with E-state index in [1.807, 2.05) is 4.90 Å². The number of ether oxygens (including phenoxy) is 1. The van der Waals surface area contributed by atoms with Gasteiger partial charge in [0.25, 0.3) is 0 Å². The third kappa shape index (κ3) is 4.94. The van der Waals surface area contributed by atoms with Crippen molar-refractivity contribution in [1.82, 2.24) is 15.1 Å². The Labute approximate surface area is 125 Å². The number of nitrogens with one attached hydrogen (secondary N) is 1. The van der Waals surface area contributed by atoms with Crippen LogP contribution in [-0.2, 0) is 14.3 Å². The summed E-state index contributed by atoms with van der Waals surface area (Å²) < 4.78 is 5.24. The standard InChI is InChI=1S/C14H25N3O4/c1-11(18)15-12-2-4-16(5-3-13(12)19)10-14(20)17-6-8-21-9-7-17/h12-13,19H,2-10H2,1H3,(H,15,18)/t12-,13-/m0/s1. The molecule has 0 unspecified atom stereocenters. The van der Waals surface area contributed by atoms with Crippen molar-refractivity contribution in [1.29, 1.82) is 0 Å². The summed E-state index contributed by atoms with van der Waals surface area (Å²) in [6, 6.07) is -0.217. The zero-order valence-electron chi connectivity index (χ0n) is 12.6. The number of nitrogens with zero attached hydrogens (tertiary/aromatic N) is 2. The van der Waals surface area contributed by atoms with Crippen LogP contribution in [0.1, 0.15) is 19.8 Å². The number of carbonyl (C=O) groups excluding carboxylic acids is 2. The van der Waals surface area contributed by atoms with Crippen molar-refractivity contribution < 1.29 is 19.4 Å². The van der Waals surface area contributed by atoms with Gasteiger partial charge < -0.3 is 20.1 Å². The number of hydrogen-bond donors (Lipinski definition) is 2. The largest absolute Gasteiger partial charge is 0.391 e. The third-order valence-electron chi connectivity index (χ3n) is 4.07. The molecule has 21 heavy (non-hydrogen) atoms. The Morgan fingerprint density at radius 3 is 2.52 bits per heavy atom. The maximum atomic E-state index is 12.2. The van der Waals surface area contributed by atoms with E-state index in [9.17, 15) is 14.7 Å². The summed E-state index contributed by atoms with van der Waals surface area (Å²) in [5.41, 5.74) is 0. The quantitative estimate of drug-likeness (QED) is 0.684. The van der Waals surface area contributed by atoms with Crippen LogP contribution in [0.4, 0.5) is 0 Å². The van der Waals surface area contributed by atoms with E-state index >= 15 is 0 Å². The number of carbonyl (C=O) groups is 2. The van der Waals surface area contributed by atoms with Gasteiger partial charge in [-0.2, -0.15) is 0 Å². The molecule has 0 saturated carbocycles. The molecule has 2 aliphatic heterocycles. The smallest absolute Gasteiger partial charge is 0.236 e. The lowest BCUT2D eigenvalue weighted by Gasteiger charge is -2.29. The zero-order valence-corrected chi connectivity index (χ0v) is 12.6. The average molecular weight is 299 g/mol. The molecule has 0 aliphatic carbocycles. The lowest BCUT2D eigenvalue weighted by molar-refractivity contribution is -0.136. The van der Waals surface area contributed by atoms with Crippen molar-refractivity contribution in [3.63, 3.8) is 0 Å². The molecule has 0 spiro atoms. The fraction of sp³-hybridized carbons (Fsp3) is 0.857. The second kappa shape index (κ2) is 7.72. The molecule has 2 N–H and O–H groups in total. The minimum Gasteiger partial charge on any atom is -0.391 e. The van der Waals surface area contributed by atoms with Gasteiger partial charge in [-0.15, -0.1) is 0 Å². The number of aliphatic hydroxyl groups excluding tert-OH is 1. The molecule has 2 atom stereocenters. The second-order valence-electron chi connectivity index (χ2n) is 5.72. The van der Waals surface area contributed by atoms with Gasteiger partial charge in [0, 0.05) is 33.1 Å². The molecule has 120 valence electrons. The number of morpholine rings is 1. The first-order valence-electron chi connectivity index (χ1n) is 7.59. The van der Waals surface area contributed by atoms with Crippen molar-refractivity contribution in [2.75, 3.05) is 45.9 Å². The van der Waals surface area contributed by atoms with Crippen molar-refractivity contribution in [2.45, 2.75) is 31.9 Å². The van der Waals surface area contributed by atoms with E-state index in [0.29, 0.717) is 58.8 Å². The van der Waals surface area contributed by atoms with Gasteiger partial charge in [0.05, 0.1) is 31.9 Å². The summed E-state index contributed by atoms with van der Waals surface area (Å²) in [5, 5.41) is 12.8. The van der Waals surface area contributed by atoms with Crippen LogP contribution in [0.15, 0.2) is 0 Å². The Balaban J connectivity index is 1.81. The Kier molecular flexibility index (Phi) is 5.96. The number of aliphatic hydroxyl groups is 1. The minimum absolute atomic E-state index is 0.116. The molecule has 0 aromatic rings. The van der Waals surface area contributed by atoms with Crippen molar-refractivity contribution in [2.24, 2.45) is 0 Å². The Morgan fingerprint density at radius 1 is 1.19 bits per heavy atom. The van der Waals surface area contributed by atoms with Gasteiger partial charge in [-0.05, 0) is 12.8 Å². The van der Waals surface area contributed by atoms with E-state index < -0.39 is 6.10 Å². The normalized spacial score (nSPS) is 28.0. The second-order valence-corrected chi connectivity index (χ2v) is 5.72. The fourth-order valence-electron chi connectivity index (χ4n) is 2.83. The third-order valence-corrected chi connectivity index (χ3v) is 4.07. The van der Waals surface area contributed by atoms with Gasteiger partial charge >= 0.3 is 0 Å². The highest BCUT2D eigenvalue weighted by Gasteiger charge is 2.27. The molecule has 0 aromatic heterocycles. The summed E-state index contributed by atoms with van der Waals surface area (Å²) >= 11 is 0. The van der Waals surface area contributed by atoms with Gasteiger partial charge in [0.2, 0.25) is 11.8 Å². The van der Waals surface area contributed by atoms with Crippen molar-refractivity contribution in [3.8, 4) is 0 Å². The van der Waals surface area contributed by atoms with Crippen LogP contribution in [0.25, 0.3) is 0 Å². The van der Waals surface area contributed by atoms with Crippen LogP contribution in [-0.4, -0.2) is 84.8 Å². The number of hydrogen-bond acceptors (Lipinski definition) is 5. The highest BCUT2D eigenvalue weighted by molar-refractivity contribution is 5.78. The maximum Gasteiger partial charge on any atom is 0.236 e. The van der Waals surface area contributed by atoms with E-state index in [0.717, 1.165) is 0 Å². The Bertz CT molecular complexity index is 371. The van der Waals surface area contributed by atoms with E-state index in [-0.39, 0.29) is 17.9 Å². The van der Waals surface area contributed by atoms with Gasteiger partial charge in [-0.25, -0.2) is 0 Å². The molecule has 7 nitrogen and oxygen atoms in total. The maximum absolute atomic E-state index is 12.2. The molecular weight excluding hydrogens is 274 g/mol. The summed E-state index contributed by atoms with van der Waals surface area (Å²) in [5.74, 6) is -0.0114. The molecule has 0 bridgehead atoms. The van der Waals surface area contributed by atoms with E-state index in [1.54, 1.807) is 0 Å². The first-order chi connectivity index (χ1) is 10.1. The molecule has 0 radical (unpaired) electrons. The summed E-state index contributed by atoms with van der Waals surface area (Å²) in [6.45, 7) is 5.74. The van der Waals surface area contributed by atoms with Crippen LogP contribution in [0.2, 0.25) is 0 Å². The van der Waals surface area contributed by atoms with Crippen LogP contribution >= 0.6 is 0 Å². The molecular formula is C14H25N3O4. The molecule has 2 amide bonds. The predicted molar refractivity (Wildman–Crippen MR) is 76.7 cm³/mol. The molecule has 7 heteroatoms. The van der Waals surface area contributed by atoms with Crippen molar-refractivity contribution in [3.05, 3.63) is 0 Å². The average Bonchev–Trinajstić information content (AvgIpc) is 2.63. The Morgan fingerprint density at radius 2 is 1.86 bits per heavy atom. The summed E-state index contributed by atoms with van der Waals surface area (Å²) in [6.07, 6.45) is 0.691. The lowest BCUT2D eigenvalue weighted by atomic mass is 10.1. The first-order valence-corrected chi connectivity index (χ1v) is 7.59. The van der Waals surface area contributed by atoms with Crippen LogP contribution < -0.4 is 5.32 Å². The van der Waals surface area contributed by atoms with Crippen LogP contribution in [0.3, 0.4) is 0 Å². The van der Waals surface area contributed by atoms with E-state index in [2.05, 4.69) is 10.2 Å². The zero-order chi connectivity index (χ0) is 15.2. The molecule has 2 aliphatic rings.